The van der Waals surface area contributed by atoms with Crippen molar-refractivity contribution in [3.05, 3.63) is 35.4 Å². The lowest BCUT2D eigenvalue weighted by Crippen LogP contribution is -2.47. The second-order valence-electron chi connectivity index (χ2n) is 8.15. The Morgan fingerprint density at radius 2 is 1.85 bits per heavy atom. The summed E-state index contributed by atoms with van der Waals surface area (Å²) in [6.07, 6.45) is -2.65. The molecule has 1 aromatic carbocycles. The molecule has 0 saturated carbocycles. The molecule has 0 atom stereocenters. The molecule has 27 heavy (non-hydrogen) atoms. The SMILES string of the molecule is CC(C)(C)OC(=O)N1CCC(CCCO)(c2cccc(C(F)(F)F)c2)CC1. The summed E-state index contributed by atoms with van der Waals surface area (Å²) >= 11 is 0. The van der Waals surface area contributed by atoms with E-state index < -0.39 is 28.8 Å². The van der Waals surface area contributed by atoms with Gasteiger partial charge in [0.25, 0.3) is 0 Å². The quantitative estimate of drug-likeness (QED) is 0.811. The van der Waals surface area contributed by atoms with Gasteiger partial charge in [0.15, 0.2) is 0 Å². The minimum absolute atomic E-state index is 0.0174. The van der Waals surface area contributed by atoms with Crippen LogP contribution in [0.4, 0.5) is 18.0 Å². The summed E-state index contributed by atoms with van der Waals surface area (Å²) in [7, 11) is 0. The van der Waals surface area contributed by atoms with Crippen molar-refractivity contribution in [2.24, 2.45) is 0 Å². The van der Waals surface area contributed by atoms with Gasteiger partial charge < -0.3 is 14.7 Å². The van der Waals surface area contributed by atoms with Gasteiger partial charge in [0.1, 0.15) is 5.60 Å². The number of piperidine rings is 1. The topological polar surface area (TPSA) is 49.8 Å². The molecule has 1 fully saturated rings. The molecule has 0 unspecified atom stereocenters. The van der Waals surface area contributed by atoms with Crippen molar-refractivity contribution >= 4 is 6.09 Å². The molecule has 1 amide bonds. The molecule has 0 radical (unpaired) electrons. The number of halogens is 3. The predicted molar refractivity (Wildman–Crippen MR) is 96.5 cm³/mol. The maximum Gasteiger partial charge on any atom is 0.416 e. The minimum atomic E-state index is -4.40. The molecule has 7 heteroatoms. The largest absolute Gasteiger partial charge is 0.444 e. The van der Waals surface area contributed by atoms with Crippen LogP contribution in [-0.2, 0) is 16.3 Å². The molecule has 1 aliphatic heterocycles. The Bertz CT molecular complexity index is 645. The lowest BCUT2D eigenvalue weighted by atomic mass is 9.69. The van der Waals surface area contributed by atoms with E-state index in [1.165, 1.54) is 12.1 Å². The average Bonchev–Trinajstić information content (AvgIpc) is 2.58. The van der Waals surface area contributed by atoms with E-state index in [0.717, 1.165) is 6.07 Å². The van der Waals surface area contributed by atoms with E-state index in [4.69, 9.17) is 4.74 Å². The normalized spacial score (nSPS) is 17.7. The van der Waals surface area contributed by atoms with E-state index in [0.29, 0.717) is 44.3 Å². The fourth-order valence-corrected chi connectivity index (χ4v) is 3.57. The highest BCUT2D eigenvalue weighted by Gasteiger charge is 2.39. The summed E-state index contributed by atoms with van der Waals surface area (Å²) in [5.41, 5.74) is -1.13. The van der Waals surface area contributed by atoms with Crippen LogP contribution in [-0.4, -0.2) is 41.4 Å². The number of likely N-dealkylation sites (tertiary alicyclic amines) is 1. The van der Waals surface area contributed by atoms with Gasteiger partial charge in [-0.1, -0.05) is 18.2 Å². The first kappa shape index (κ1) is 21.5. The highest BCUT2D eigenvalue weighted by Crippen LogP contribution is 2.42. The third-order valence-corrected chi connectivity index (χ3v) is 4.99. The van der Waals surface area contributed by atoms with Gasteiger partial charge in [-0.15, -0.1) is 0 Å². The van der Waals surface area contributed by atoms with E-state index in [9.17, 15) is 23.1 Å². The maximum absolute atomic E-state index is 13.1. The monoisotopic (exact) mass is 387 g/mol. The van der Waals surface area contributed by atoms with Crippen molar-refractivity contribution in [1.29, 1.82) is 0 Å². The summed E-state index contributed by atoms with van der Waals surface area (Å²) in [6, 6.07) is 5.43. The Morgan fingerprint density at radius 3 is 2.37 bits per heavy atom. The van der Waals surface area contributed by atoms with Crippen LogP contribution in [0.5, 0.6) is 0 Å². The van der Waals surface area contributed by atoms with Gasteiger partial charge in [-0.2, -0.15) is 13.2 Å². The Hall–Kier alpha value is -1.76. The zero-order valence-electron chi connectivity index (χ0n) is 16.1. The van der Waals surface area contributed by atoms with Crippen LogP contribution in [0.1, 0.15) is 57.6 Å². The molecular formula is C20H28F3NO3. The summed E-state index contributed by atoms with van der Waals surface area (Å²) in [6.45, 7) is 6.19. The summed E-state index contributed by atoms with van der Waals surface area (Å²) in [5, 5.41) is 9.25. The van der Waals surface area contributed by atoms with E-state index in [1.807, 2.05) is 0 Å². The highest BCUT2D eigenvalue weighted by atomic mass is 19.4. The Labute approximate surface area is 158 Å². The number of rotatable bonds is 4. The van der Waals surface area contributed by atoms with Crippen molar-refractivity contribution < 1.29 is 27.8 Å². The molecule has 1 N–H and O–H groups in total. The van der Waals surface area contributed by atoms with Crippen molar-refractivity contribution in [2.75, 3.05) is 19.7 Å². The number of ether oxygens (including phenoxy) is 1. The second-order valence-corrected chi connectivity index (χ2v) is 8.15. The molecule has 0 spiro atoms. The number of aliphatic hydroxyl groups excluding tert-OH is 1. The average molecular weight is 387 g/mol. The molecule has 152 valence electrons. The molecule has 1 aliphatic rings. The van der Waals surface area contributed by atoms with Crippen molar-refractivity contribution in [2.45, 2.75) is 63.6 Å². The van der Waals surface area contributed by atoms with Crippen molar-refractivity contribution in [3.63, 3.8) is 0 Å². The van der Waals surface area contributed by atoms with Crippen molar-refractivity contribution in [1.82, 2.24) is 4.90 Å². The van der Waals surface area contributed by atoms with Crippen LogP contribution < -0.4 is 0 Å². The van der Waals surface area contributed by atoms with Crippen LogP contribution in [0.15, 0.2) is 24.3 Å². The van der Waals surface area contributed by atoms with E-state index in [1.54, 1.807) is 31.7 Å². The molecule has 1 aromatic rings. The molecule has 2 rings (SSSR count). The zero-order valence-corrected chi connectivity index (χ0v) is 16.1. The lowest BCUT2D eigenvalue weighted by molar-refractivity contribution is -0.137. The Morgan fingerprint density at radius 1 is 1.22 bits per heavy atom. The van der Waals surface area contributed by atoms with Crippen LogP contribution in [0.3, 0.4) is 0 Å². The van der Waals surface area contributed by atoms with E-state index in [2.05, 4.69) is 0 Å². The first-order valence-corrected chi connectivity index (χ1v) is 9.23. The Balaban J connectivity index is 2.21. The third kappa shape index (κ3) is 5.61. The van der Waals surface area contributed by atoms with Gasteiger partial charge in [-0.25, -0.2) is 4.79 Å². The third-order valence-electron chi connectivity index (χ3n) is 4.99. The maximum atomic E-state index is 13.1. The first-order chi connectivity index (χ1) is 12.5. The van der Waals surface area contributed by atoms with Gasteiger partial charge in [0.2, 0.25) is 0 Å². The number of hydrogen-bond acceptors (Lipinski definition) is 3. The summed E-state index contributed by atoms with van der Waals surface area (Å²) in [4.78, 5) is 13.9. The standard InChI is InChI=1S/C20H28F3NO3/c1-18(2,3)27-17(26)24-11-9-19(10-12-24,8-5-13-25)15-6-4-7-16(14-15)20(21,22)23/h4,6-7,14,25H,5,8-13H2,1-3H3. The number of alkyl halides is 3. The first-order valence-electron chi connectivity index (χ1n) is 9.23. The fraction of sp³-hybridized carbons (Fsp3) is 0.650. The van der Waals surface area contributed by atoms with Gasteiger partial charge >= 0.3 is 12.3 Å². The van der Waals surface area contributed by atoms with Crippen molar-refractivity contribution in [3.8, 4) is 0 Å². The summed E-state index contributed by atoms with van der Waals surface area (Å²) < 4.78 is 44.8. The minimum Gasteiger partial charge on any atom is -0.444 e. The van der Waals surface area contributed by atoms with E-state index in [-0.39, 0.29) is 6.61 Å². The smallest absolute Gasteiger partial charge is 0.416 e. The zero-order chi connectivity index (χ0) is 20.3. The highest BCUT2D eigenvalue weighted by molar-refractivity contribution is 5.68. The van der Waals surface area contributed by atoms with Gasteiger partial charge in [-0.05, 0) is 63.5 Å². The number of nitrogens with zero attached hydrogens (tertiary/aromatic N) is 1. The second kappa shape index (κ2) is 8.09. The molecule has 1 heterocycles. The number of carbonyl (C=O) groups excluding carboxylic acids is 1. The van der Waals surface area contributed by atoms with Crippen LogP contribution in [0, 0.1) is 0 Å². The number of amides is 1. The van der Waals surface area contributed by atoms with Crippen LogP contribution in [0.2, 0.25) is 0 Å². The number of benzene rings is 1. The lowest BCUT2D eigenvalue weighted by Gasteiger charge is -2.42. The molecule has 0 aromatic heterocycles. The Kier molecular flexibility index (Phi) is 6.45. The molecule has 0 bridgehead atoms. The van der Waals surface area contributed by atoms with Crippen LogP contribution in [0.25, 0.3) is 0 Å². The van der Waals surface area contributed by atoms with Gasteiger partial charge in [0, 0.05) is 19.7 Å². The molecule has 1 saturated heterocycles. The summed E-state index contributed by atoms with van der Waals surface area (Å²) in [5.74, 6) is 0. The fourth-order valence-electron chi connectivity index (χ4n) is 3.57. The predicted octanol–water partition coefficient (Wildman–Crippen LogP) is 4.75. The van der Waals surface area contributed by atoms with Crippen LogP contribution >= 0.6 is 0 Å². The van der Waals surface area contributed by atoms with Gasteiger partial charge in [0.05, 0.1) is 5.56 Å². The number of carbonyl (C=O) groups is 1. The number of hydrogen-bond donors (Lipinski definition) is 1. The molecule has 0 aliphatic carbocycles. The van der Waals surface area contributed by atoms with E-state index >= 15 is 0 Å². The number of aliphatic hydroxyl groups is 1. The molecular weight excluding hydrogens is 359 g/mol. The molecule has 4 nitrogen and oxygen atoms in total. The van der Waals surface area contributed by atoms with Gasteiger partial charge in [-0.3, -0.25) is 0 Å².